The van der Waals surface area contributed by atoms with Crippen LogP contribution in [0.3, 0.4) is 0 Å². The Morgan fingerprint density at radius 2 is 2.08 bits per heavy atom. The number of nitrogens with zero attached hydrogens (tertiary/aromatic N) is 2. The molecule has 2 aliphatic heterocycles. The third kappa shape index (κ3) is 3.86. The molecule has 2 aliphatic rings. The van der Waals surface area contributed by atoms with E-state index < -0.39 is 0 Å². The Bertz CT molecular complexity index is 754. The van der Waals surface area contributed by atoms with Crippen molar-refractivity contribution in [2.45, 2.75) is 45.3 Å². The molecule has 1 saturated heterocycles. The molecule has 0 amide bonds. The van der Waals surface area contributed by atoms with E-state index in [4.69, 9.17) is 0 Å². The van der Waals surface area contributed by atoms with Gasteiger partial charge in [0.15, 0.2) is 5.78 Å². The molecule has 1 aromatic carbocycles. The minimum atomic E-state index is 0.180. The van der Waals surface area contributed by atoms with Crippen molar-refractivity contribution in [1.29, 1.82) is 0 Å². The summed E-state index contributed by atoms with van der Waals surface area (Å²) in [7, 11) is 0. The summed E-state index contributed by atoms with van der Waals surface area (Å²) in [6, 6.07) is 11.6. The van der Waals surface area contributed by atoms with Crippen LogP contribution in [0.1, 0.15) is 46.1 Å². The van der Waals surface area contributed by atoms with Gasteiger partial charge in [0.05, 0.1) is 4.88 Å². The molecule has 3 heterocycles. The van der Waals surface area contributed by atoms with Crippen LogP contribution in [0.5, 0.6) is 0 Å². The average Bonchev–Trinajstić information content (AvgIpc) is 3.10. The Labute approximate surface area is 154 Å². The molecule has 1 aromatic heterocycles. The highest BCUT2D eigenvalue weighted by atomic mass is 32.1. The Morgan fingerprint density at radius 3 is 2.88 bits per heavy atom. The van der Waals surface area contributed by atoms with Crippen LogP contribution >= 0.6 is 11.3 Å². The topological polar surface area (TPSA) is 23.6 Å². The molecule has 0 aliphatic carbocycles. The first-order valence-electron chi connectivity index (χ1n) is 9.30. The number of benzene rings is 1. The molecule has 4 rings (SSSR count). The molecule has 0 radical (unpaired) electrons. The summed E-state index contributed by atoms with van der Waals surface area (Å²) in [5.41, 5.74) is 4.33. The maximum absolute atomic E-state index is 11.5. The highest BCUT2D eigenvalue weighted by Gasteiger charge is 2.28. The zero-order valence-electron chi connectivity index (χ0n) is 14.9. The maximum atomic E-state index is 11.5. The van der Waals surface area contributed by atoms with E-state index in [0.717, 1.165) is 24.5 Å². The van der Waals surface area contributed by atoms with Gasteiger partial charge in [-0.15, -0.1) is 11.3 Å². The van der Waals surface area contributed by atoms with Crippen molar-refractivity contribution in [2.75, 3.05) is 19.6 Å². The van der Waals surface area contributed by atoms with Crippen molar-refractivity contribution in [3.63, 3.8) is 0 Å². The number of carbonyl (C=O) groups excluding carboxylic acids is 1. The molecule has 4 heteroatoms. The fourth-order valence-electron chi connectivity index (χ4n) is 4.20. The quantitative estimate of drug-likeness (QED) is 0.776. The summed E-state index contributed by atoms with van der Waals surface area (Å²) in [6.07, 6.45) is 3.76. The van der Waals surface area contributed by atoms with E-state index in [2.05, 4.69) is 45.5 Å². The van der Waals surface area contributed by atoms with Gasteiger partial charge in [-0.05, 0) is 60.9 Å². The number of ketones is 1. The Morgan fingerprint density at radius 1 is 1.24 bits per heavy atom. The molecule has 0 bridgehead atoms. The Balaban J connectivity index is 1.38. The van der Waals surface area contributed by atoms with Gasteiger partial charge in [0, 0.05) is 32.2 Å². The number of fused-ring (bicyclic) bond motifs is 1. The molecule has 0 spiro atoms. The SMILES string of the molecule is CC(=O)c1cc(CN2CCC[C@H](N3CCc4ccccc4C3)C2)cs1. The molecule has 1 atom stereocenters. The van der Waals surface area contributed by atoms with Gasteiger partial charge in [0.1, 0.15) is 0 Å². The van der Waals surface area contributed by atoms with E-state index in [1.807, 2.05) is 0 Å². The van der Waals surface area contributed by atoms with Gasteiger partial charge >= 0.3 is 0 Å². The smallest absolute Gasteiger partial charge is 0.169 e. The second-order valence-corrected chi connectivity index (χ2v) is 8.31. The van der Waals surface area contributed by atoms with Crippen molar-refractivity contribution < 1.29 is 4.79 Å². The van der Waals surface area contributed by atoms with Crippen LogP contribution in [0, 0.1) is 0 Å². The molecule has 3 nitrogen and oxygen atoms in total. The largest absolute Gasteiger partial charge is 0.297 e. The van der Waals surface area contributed by atoms with E-state index >= 15 is 0 Å². The Kier molecular flexibility index (Phi) is 5.02. The summed E-state index contributed by atoms with van der Waals surface area (Å²) in [5, 5.41) is 2.15. The van der Waals surface area contributed by atoms with E-state index in [1.165, 1.54) is 49.0 Å². The van der Waals surface area contributed by atoms with Crippen molar-refractivity contribution in [2.24, 2.45) is 0 Å². The normalized spacial score (nSPS) is 21.9. The fraction of sp³-hybridized carbons (Fsp3) is 0.476. The van der Waals surface area contributed by atoms with Crippen LogP contribution in [-0.4, -0.2) is 41.3 Å². The number of carbonyl (C=O) groups is 1. The molecule has 0 N–H and O–H groups in total. The number of hydrogen-bond acceptors (Lipinski definition) is 4. The highest BCUT2D eigenvalue weighted by molar-refractivity contribution is 7.12. The van der Waals surface area contributed by atoms with Crippen LogP contribution in [-0.2, 0) is 19.5 Å². The first-order chi connectivity index (χ1) is 12.2. The number of Topliss-reactive ketones (excluding diaryl/α,β-unsaturated/α-hetero) is 1. The van der Waals surface area contributed by atoms with Crippen molar-refractivity contribution in [3.05, 3.63) is 57.3 Å². The molecule has 0 unspecified atom stereocenters. The van der Waals surface area contributed by atoms with Crippen LogP contribution in [0.25, 0.3) is 0 Å². The number of rotatable bonds is 4. The van der Waals surface area contributed by atoms with E-state index in [1.54, 1.807) is 18.3 Å². The van der Waals surface area contributed by atoms with E-state index in [0.29, 0.717) is 6.04 Å². The molecular formula is C21H26N2OS. The second kappa shape index (κ2) is 7.40. The molecule has 1 fully saturated rings. The van der Waals surface area contributed by atoms with Crippen LogP contribution in [0.4, 0.5) is 0 Å². The highest BCUT2D eigenvalue weighted by Crippen LogP contribution is 2.25. The van der Waals surface area contributed by atoms with Crippen molar-refractivity contribution >= 4 is 17.1 Å². The monoisotopic (exact) mass is 354 g/mol. The van der Waals surface area contributed by atoms with Gasteiger partial charge in [-0.3, -0.25) is 14.6 Å². The number of hydrogen-bond donors (Lipinski definition) is 0. The summed E-state index contributed by atoms with van der Waals surface area (Å²) in [6.45, 7) is 7.23. The third-order valence-corrected chi connectivity index (χ3v) is 6.64. The minimum Gasteiger partial charge on any atom is -0.297 e. The average molecular weight is 355 g/mol. The fourth-order valence-corrected chi connectivity index (χ4v) is 5.01. The number of likely N-dealkylation sites (tertiary alicyclic amines) is 1. The molecular weight excluding hydrogens is 328 g/mol. The summed E-state index contributed by atoms with van der Waals surface area (Å²) in [5.74, 6) is 0.180. The number of piperidine rings is 1. The predicted octanol–water partition coefficient (Wildman–Crippen LogP) is 3.97. The lowest BCUT2D eigenvalue weighted by Crippen LogP contribution is -2.49. The van der Waals surface area contributed by atoms with Crippen molar-refractivity contribution in [3.8, 4) is 0 Å². The van der Waals surface area contributed by atoms with Gasteiger partial charge in [-0.1, -0.05) is 24.3 Å². The lowest BCUT2D eigenvalue weighted by atomic mass is 9.96. The third-order valence-electron chi connectivity index (χ3n) is 5.56. The van der Waals surface area contributed by atoms with Crippen LogP contribution < -0.4 is 0 Å². The van der Waals surface area contributed by atoms with Gasteiger partial charge in [-0.25, -0.2) is 0 Å². The van der Waals surface area contributed by atoms with Gasteiger partial charge in [-0.2, -0.15) is 0 Å². The second-order valence-electron chi connectivity index (χ2n) is 7.40. The van der Waals surface area contributed by atoms with Crippen LogP contribution in [0.15, 0.2) is 35.7 Å². The molecule has 132 valence electrons. The van der Waals surface area contributed by atoms with E-state index in [9.17, 15) is 4.79 Å². The predicted molar refractivity (Wildman–Crippen MR) is 103 cm³/mol. The van der Waals surface area contributed by atoms with E-state index in [-0.39, 0.29) is 5.78 Å². The Hall–Kier alpha value is -1.49. The lowest BCUT2D eigenvalue weighted by molar-refractivity contribution is 0.0839. The standard InChI is InChI=1S/C21H26N2OS/c1-16(24)21-11-17(15-25-21)12-22-9-4-7-20(14-22)23-10-8-18-5-2-3-6-19(18)13-23/h2-3,5-6,11,15,20H,4,7-10,12-14H2,1H3/t20-/m0/s1. The zero-order chi connectivity index (χ0) is 17.2. The first kappa shape index (κ1) is 17.0. The van der Waals surface area contributed by atoms with Gasteiger partial charge in [0.2, 0.25) is 0 Å². The summed E-state index contributed by atoms with van der Waals surface area (Å²) in [4.78, 5) is 17.6. The summed E-state index contributed by atoms with van der Waals surface area (Å²) >= 11 is 1.58. The lowest BCUT2D eigenvalue weighted by Gasteiger charge is -2.41. The molecule has 25 heavy (non-hydrogen) atoms. The minimum absolute atomic E-state index is 0.180. The zero-order valence-corrected chi connectivity index (χ0v) is 15.7. The first-order valence-corrected chi connectivity index (χ1v) is 10.2. The van der Waals surface area contributed by atoms with Gasteiger partial charge < -0.3 is 0 Å². The number of thiophene rings is 1. The van der Waals surface area contributed by atoms with Crippen LogP contribution in [0.2, 0.25) is 0 Å². The van der Waals surface area contributed by atoms with Crippen molar-refractivity contribution in [1.82, 2.24) is 9.80 Å². The molecule has 2 aromatic rings. The summed E-state index contributed by atoms with van der Waals surface area (Å²) < 4.78 is 0. The van der Waals surface area contributed by atoms with Gasteiger partial charge in [0.25, 0.3) is 0 Å². The maximum Gasteiger partial charge on any atom is 0.169 e. The molecule has 0 saturated carbocycles.